The molecule has 31 heavy (non-hydrogen) atoms. The zero-order valence-corrected chi connectivity index (χ0v) is 18.2. The van der Waals surface area contributed by atoms with Crippen molar-refractivity contribution in [3.63, 3.8) is 0 Å². The smallest absolute Gasteiger partial charge is 0.137 e. The molecule has 158 valence electrons. The molecule has 2 aromatic carbocycles. The first kappa shape index (κ1) is 21.4. The average Bonchev–Trinajstić information content (AvgIpc) is 3.27. The van der Waals surface area contributed by atoms with Crippen LogP contribution in [0.15, 0.2) is 91.1 Å². The molecular formula is C24H21Cl2N3O2. The van der Waals surface area contributed by atoms with Gasteiger partial charge in [-0.05, 0) is 60.9 Å². The van der Waals surface area contributed by atoms with Crippen LogP contribution in [-0.4, -0.2) is 19.9 Å². The van der Waals surface area contributed by atoms with Gasteiger partial charge in [0.05, 0.1) is 11.6 Å². The Hall–Kier alpha value is -2.86. The Morgan fingerprint density at radius 1 is 1.13 bits per heavy atom. The van der Waals surface area contributed by atoms with Crippen LogP contribution < -0.4 is 4.74 Å². The number of hydrogen-bond acceptors (Lipinski definition) is 4. The molecule has 0 radical (unpaired) electrons. The summed E-state index contributed by atoms with van der Waals surface area (Å²) in [6.07, 6.45) is 14.8. The lowest BCUT2D eigenvalue weighted by Gasteiger charge is -2.26. The molecule has 0 amide bonds. The molecule has 0 bridgehead atoms. The molecule has 1 atom stereocenters. The van der Waals surface area contributed by atoms with Gasteiger partial charge < -0.3 is 9.84 Å². The highest BCUT2D eigenvalue weighted by Gasteiger charge is 2.30. The van der Waals surface area contributed by atoms with Gasteiger partial charge in [0.2, 0.25) is 0 Å². The number of hydrogen-bond donors (Lipinski definition) is 1. The number of nitrogens with zero attached hydrogens (tertiary/aromatic N) is 3. The Balaban J connectivity index is 1.63. The third kappa shape index (κ3) is 5.44. The van der Waals surface area contributed by atoms with E-state index in [4.69, 9.17) is 27.9 Å². The summed E-state index contributed by atoms with van der Waals surface area (Å²) in [7, 11) is 0. The molecule has 7 heteroatoms. The molecule has 1 aliphatic rings. The molecule has 0 fully saturated rings. The summed E-state index contributed by atoms with van der Waals surface area (Å²) in [5.41, 5.74) is 0.306. The Labute approximate surface area is 190 Å². The van der Waals surface area contributed by atoms with Gasteiger partial charge in [0.1, 0.15) is 29.8 Å². The van der Waals surface area contributed by atoms with Crippen molar-refractivity contribution in [3.8, 4) is 11.5 Å². The molecule has 1 aromatic heterocycles. The first-order valence-corrected chi connectivity index (χ1v) is 10.6. The van der Waals surface area contributed by atoms with Gasteiger partial charge in [0, 0.05) is 10.6 Å². The van der Waals surface area contributed by atoms with E-state index in [9.17, 15) is 5.11 Å². The molecule has 5 nitrogen and oxygen atoms in total. The molecule has 0 spiro atoms. The Morgan fingerprint density at radius 3 is 2.61 bits per heavy atom. The number of halogens is 2. The highest BCUT2D eigenvalue weighted by atomic mass is 35.5. The number of rotatable bonds is 7. The predicted octanol–water partition coefficient (Wildman–Crippen LogP) is 6.10. The van der Waals surface area contributed by atoms with Crippen molar-refractivity contribution < 1.29 is 9.84 Å². The van der Waals surface area contributed by atoms with Crippen molar-refractivity contribution in [3.05, 3.63) is 107 Å². The van der Waals surface area contributed by atoms with Gasteiger partial charge in [-0.2, -0.15) is 5.10 Å². The highest BCUT2D eigenvalue weighted by Crippen LogP contribution is 2.35. The van der Waals surface area contributed by atoms with E-state index in [-0.39, 0.29) is 6.54 Å². The molecule has 4 rings (SSSR count). The van der Waals surface area contributed by atoms with Crippen LogP contribution in [0.3, 0.4) is 0 Å². The fourth-order valence-electron chi connectivity index (χ4n) is 3.34. The number of allylic oxidation sites excluding steroid dienone is 5. The zero-order valence-electron chi connectivity index (χ0n) is 16.7. The minimum atomic E-state index is -1.38. The summed E-state index contributed by atoms with van der Waals surface area (Å²) < 4.78 is 7.43. The van der Waals surface area contributed by atoms with E-state index in [0.717, 1.165) is 18.4 Å². The van der Waals surface area contributed by atoms with Crippen LogP contribution in [0.1, 0.15) is 18.4 Å². The molecule has 1 aliphatic carbocycles. The molecule has 0 saturated heterocycles. The summed E-state index contributed by atoms with van der Waals surface area (Å²) >= 11 is 12.5. The third-order valence-corrected chi connectivity index (χ3v) is 5.51. The zero-order chi connectivity index (χ0) is 21.7. The van der Waals surface area contributed by atoms with E-state index < -0.39 is 5.60 Å². The highest BCUT2D eigenvalue weighted by molar-refractivity contribution is 6.31. The van der Waals surface area contributed by atoms with Crippen molar-refractivity contribution in [2.75, 3.05) is 0 Å². The van der Waals surface area contributed by atoms with Crippen LogP contribution in [0.25, 0.3) is 0 Å². The van der Waals surface area contributed by atoms with Crippen LogP contribution in [0, 0.1) is 0 Å². The maximum absolute atomic E-state index is 11.6. The van der Waals surface area contributed by atoms with E-state index in [1.54, 1.807) is 59.5 Å². The van der Waals surface area contributed by atoms with Crippen LogP contribution in [0.2, 0.25) is 10.0 Å². The predicted molar refractivity (Wildman–Crippen MR) is 122 cm³/mol. The summed E-state index contributed by atoms with van der Waals surface area (Å²) in [5, 5.41) is 16.8. The summed E-state index contributed by atoms with van der Waals surface area (Å²) in [4.78, 5) is 3.97. The fraction of sp³-hybridized carbons (Fsp3) is 0.167. The van der Waals surface area contributed by atoms with E-state index in [1.165, 1.54) is 6.33 Å². The largest absolute Gasteiger partial charge is 0.457 e. The lowest BCUT2D eigenvalue weighted by atomic mass is 9.91. The average molecular weight is 454 g/mol. The second kappa shape index (κ2) is 9.52. The van der Waals surface area contributed by atoms with Crippen LogP contribution in [0.5, 0.6) is 11.5 Å². The SMILES string of the molecule is OC(C=CC1=CC=CCC1)(Cn1cncn1)c1ccc(Oc2ccc(Cl)cc2)cc1Cl. The van der Waals surface area contributed by atoms with Crippen LogP contribution >= 0.6 is 23.2 Å². The maximum Gasteiger partial charge on any atom is 0.137 e. The third-order valence-electron chi connectivity index (χ3n) is 4.95. The molecular weight excluding hydrogens is 433 g/mol. The van der Waals surface area contributed by atoms with Crippen molar-refractivity contribution in [2.24, 2.45) is 0 Å². The van der Waals surface area contributed by atoms with E-state index in [1.807, 2.05) is 18.2 Å². The minimum absolute atomic E-state index is 0.170. The second-order valence-corrected chi connectivity index (χ2v) is 8.10. The Morgan fingerprint density at radius 2 is 1.94 bits per heavy atom. The molecule has 1 heterocycles. The molecule has 1 N–H and O–H groups in total. The van der Waals surface area contributed by atoms with Crippen LogP contribution in [0.4, 0.5) is 0 Å². The Bertz CT molecular complexity index is 1120. The van der Waals surface area contributed by atoms with Crippen LogP contribution in [-0.2, 0) is 12.1 Å². The minimum Gasteiger partial charge on any atom is -0.457 e. The lowest BCUT2D eigenvalue weighted by Crippen LogP contribution is -2.30. The monoisotopic (exact) mass is 453 g/mol. The summed E-state index contributed by atoms with van der Waals surface area (Å²) in [5.74, 6) is 1.20. The molecule has 0 saturated carbocycles. The lowest BCUT2D eigenvalue weighted by molar-refractivity contribution is 0.0655. The van der Waals surface area contributed by atoms with Crippen molar-refractivity contribution in [1.82, 2.24) is 14.8 Å². The van der Waals surface area contributed by atoms with Gasteiger partial charge in [-0.15, -0.1) is 0 Å². The second-order valence-electron chi connectivity index (χ2n) is 7.26. The summed E-state index contributed by atoms with van der Waals surface area (Å²) in [6.45, 7) is 0.170. The van der Waals surface area contributed by atoms with Gasteiger partial charge in [-0.3, -0.25) is 0 Å². The molecule has 0 aliphatic heterocycles. The van der Waals surface area contributed by atoms with Gasteiger partial charge in [-0.25, -0.2) is 9.67 Å². The van der Waals surface area contributed by atoms with Gasteiger partial charge >= 0.3 is 0 Å². The first-order chi connectivity index (χ1) is 15.0. The van der Waals surface area contributed by atoms with Gasteiger partial charge in [0.25, 0.3) is 0 Å². The number of benzene rings is 2. The van der Waals surface area contributed by atoms with E-state index in [2.05, 4.69) is 16.2 Å². The quantitative estimate of drug-likeness (QED) is 0.469. The number of aromatic nitrogens is 3. The normalized spacial score (nSPS) is 15.6. The topological polar surface area (TPSA) is 60.2 Å². The fourth-order valence-corrected chi connectivity index (χ4v) is 3.80. The van der Waals surface area contributed by atoms with Gasteiger partial charge in [0.15, 0.2) is 0 Å². The maximum atomic E-state index is 11.6. The number of aliphatic hydroxyl groups is 1. The van der Waals surface area contributed by atoms with Crippen molar-refractivity contribution in [1.29, 1.82) is 0 Å². The standard InChI is InChI=1S/C24H21Cl2N3O2/c25-19-6-8-20(9-7-19)31-21-10-11-22(23(26)14-21)24(30,15-29-17-27-16-28-29)13-12-18-4-2-1-3-5-18/h1-2,4,6-14,16-17,30H,3,5,15H2. The van der Waals surface area contributed by atoms with E-state index in [0.29, 0.717) is 27.1 Å². The molecule has 3 aromatic rings. The van der Waals surface area contributed by atoms with E-state index >= 15 is 0 Å². The van der Waals surface area contributed by atoms with Crippen molar-refractivity contribution in [2.45, 2.75) is 25.0 Å². The Kier molecular flexibility index (Phi) is 6.56. The number of ether oxygens (including phenoxy) is 1. The van der Waals surface area contributed by atoms with Crippen molar-refractivity contribution >= 4 is 23.2 Å². The van der Waals surface area contributed by atoms with Gasteiger partial charge in [-0.1, -0.05) is 53.6 Å². The summed E-state index contributed by atoms with van der Waals surface area (Å²) in [6, 6.07) is 12.3. The first-order valence-electron chi connectivity index (χ1n) is 9.85. The molecule has 1 unspecified atom stereocenters.